The Hall–Kier alpha value is -3.58. The van der Waals surface area contributed by atoms with Crippen molar-refractivity contribution >= 4 is 28.7 Å². The normalized spacial score (nSPS) is 10.8. The maximum atomic E-state index is 12.7. The van der Waals surface area contributed by atoms with E-state index in [-0.39, 0.29) is 29.1 Å². The van der Waals surface area contributed by atoms with Gasteiger partial charge >= 0.3 is 5.97 Å². The SMILES string of the molecule is Cc1cccn2c(=O)cc(COC(=O)c3ccccc3C(=O)c3cccs3)nc12. The summed E-state index contributed by atoms with van der Waals surface area (Å²) in [6.45, 7) is 1.68. The van der Waals surface area contributed by atoms with Crippen LogP contribution in [0.25, 0.3) is 5.65 Å². The van der Waals surface area contributed by atoms with Crippen molar-refractivity contribution in [3.8, 4) is 0 Å². The number of thiophene rings is 1. The maximum Gasteiger partial charge on any atom is 0.339 e. The molecule has 0 aliphatic carbocycles. The molecule has 0 aliphatic rings. The zero-order valence-electron chi connectivity index (χ0n) is 15.5. The standard InChI is InChI=1S/C22H16N2O4S/c1-14-6-4-10-24-19(25)12-15(23-21(14)24)13-28-22(27)17-8-3-2-7-16(17)20(26)18-9-5-11-29-18/h2-12H,13H2,1H3. The summed E-state index contributed by atoms with van der Waals surface area (Å²) < 4.78 is 6.81. The van der Waals surface area contributed by atoms with Crippen LogP contribution in [0.4, 0.5) is 0 Å². The lowest BCUT2D eigenvalue weighted by atomic mass is 10.0. The van der Waals surface area contributed by atoms with E-state index >= 15 is 0 Å². The molecule has 0 saturated carbocycles. The van der Waals surface area contributed by atoms with Gasteiger partial charge in [-0.15, -0.1) is 11.3 Å². The van der Waals surface area contributed by atoms with Crippen LogP contribution in [0.15, 0.2) is 71.0 Å². The molecule has 1 aromatic carbocycles. The molecule has 0 aliphatic heterocycles. The number of hydrogen-bond donors (Lipinski definition) is 0. The number of nitrogens with zero attached hydrogens (tertiary/aromatic N) is 2. The van der Waals surface area contributed by atoms with Gasteiger partial charge in [-0.2, -0.15) is 0 Å². The third-order valence-electron chi connectivity index (χ3n) is 4.43. The first kappa shape index (κ1) is 18.8. The fourth-order valence-corrected chi connectivity index (χ4v) is 3.68. The number of pyridine rings is 1. The third-order valence-corrected chi connectivity index (χ3v) is 5.30. The van der Waals surface area contributed by atoms with Gasteiger partial charge in [0, 0.05) is 17.8 Å². The van der Waals surface area contributed by atoms with Gasteiger partial charge in [0.2, 0.25) is 5.78 Å². The Morgan fingerprint density at radius 1 is 1.07 bits per heavy atom. The molecule has 144 valence electrons. The Balaban J connectivity index is 1.59. The summed E-state index contributed by atoms with van der Waals surface area (Å²) in [5.74, 6) is -0.873. The van der Waals surface area contributed by atoms with E-state index in [0.29, 0.717) is 16.2 Å². The van der Waals surface area contributed by atoms with Crippen LogP contribution >= 0.6 is 11.3 Å². The van der Waals surface area contributed by atoms with Gasteiger partial charge in [-0.05, 0) is 36.1 Å². The number of aromatic nitrogens is 2. The van der Waals surface area contributed by atoms with Gasteiger partial charge in [-0.3, -0.25) is 14.0 Å². The monoisotopic (exact) mass is 404 g/mol. The number of carbonyl (C=O) groups is 2. The number of ether oxygens (including phenoxy) is 1. The van der Waals surface area contributed by atoms with Gasteiger partial charge in [0.05, 0.1) is 16.1 Å². The van der Waals surface area contributed by atoms with Crippen molar-refractivity contribution in [1.29, 1.82) is 0 Å². The molecular formula is C22H16N2O4S. The molecule has 0 unspecified atom stereocenters. The molecule has 6 nitrogen and oxygen atoms in total. The van der Waals surface area contributed by atoms with E-state index in [1.807, 2.05) is 13.0 Å². The summed E-state index contributed by atoms with van der Waals surface area (Å²) in [4.78, 5) is 42.6. The minimum atomic E-state index is -0.641. The zero-order chi connectivity index (χ0) is 20.4. The summed E-state index contributed by atoms with van der Waals surface area (Å²) in [6, 6.07) is 15.0. The van der Waals surface area contributed by atoms with Crippen molar-refractivity contribution in [2.45, 2.75) is 13.5 Å². The summed E-state index contributed by atoms with van der Waals surface area (Å²) in [5.41, 5.74) is 1.91. The number of benzene rings is 1. The minimum absolute atomic E-state index is 0.166. The van der Waals surface area contributed by atoms with Gasteiger partial charge in [-0.1, -0.05) is 30.3 Å². The van der Waals surface area contributed by atoms with Crippen molar-refractivity contribution in [2.75, 3.05) is 0 Å². The fraction of sp³-hybridized carbons (Fsp3) is 0.0909. The number of esters is 1. The highest BCUT2D eigenvalue weighted by Gasteiger charge is 2.20. The van der Waals surface area contributed by atoms with E-state index in [0.717, 1.165) is 5.56 Å². The number of ketones is 1. The van der Waals surface area contributed by atoms with E-state index in [1.54, 1.807) is 54.0 Å². The van der Waals surface area contributed by atoms with Crippen LogP contribution in [0, 0.1) is 6.92 Å². The van der Waals surface area contributed by atoms with Crippen LogP contribution in [0.1, 0.15) is 36.9 Å². The second-order valence-electron chi connectivity index (χ2n) is 6.40. The van der Waals surface area contributed by atoms with Crippen LogP contribution in [-0.2, 0) is 11.3 Å². The van der Waals surface area contributed by atoms with Gasteiger partial charge in [0.1, 0.15) is 12.3 Å². The molecule has 0 bridgehead atoms. The molecule has 3 heterocycles. The summed E-state index contributed by atoms with van der Waals surface area (Å²) in [6.07, 6.45) is 1.64. The Kier molecular flexibility index (Phi) is 5.05. The van der Waals surface area contributed by atoms with E-state index in [1.165, 1.54) is 21.8 Å². The van der Waals surface area contributed by atoms with E-state index in [2.05, 4.69) is 4.98 Å². The molecule has 4 aromatic rings. The van der Waals surface area contributed by atoms with Crippen molar-refractivity contribution in [3.63, 3.8) is 0 Å². The highest BCUT2D eigenvalue weighted by molar-refractivity contribution is 7.12. The average molecular weight is 404 g/mol. The predicted octanol–water partition coefficient (Wildman–Crippen LogP) is 3.65. The van der Waals surface area contributed by atoms with Crippen molar-refractivity contribution in [3.05, 3.63) is 104 Å². The number of rotatable bonds is 5. The molecule has 0 spiro atoms. The summed E-state index contributed by atoms with van der Waals surface area (Å²) in [5, 5.41) is 1.81. The molecule has 0 saturated heterocycles. The number of hydrogen-bond acceptors (Lipinski definition) is 6. The second-order valence-corrected chi connectivity index (χ2v) is 7.35. The highest BCUT2D eigenvalue weighted by Crippen LogP contribution is 2.19. The van der Waals surface area contributed by atoms with Crippen LogP contribution < -0.4 is 5.56 Å². The first-order valence-corrected chi connectivity index (χ1v) is 9.75. The molecule has 3 aromatic heterocycles. The number of aryl methyl sites for hydroxylation is 1. The molecular weight excluding hydrogens is 388 g/mol. The van der Waals surface area contributed by atoms with Crippen molar-refractivity contribution < 1.29 is 14.3 Å². The highest BCUT2D eigenvalue weighted by atomic mass is 32.1. The first-order chi connectivity index (χ1) is 14.0. The number of carbonyl (C=O) groups excluding carboxylic acids is 2. The van der Waals surface area contributed by atoms with Gasteiger partial charge < -0.3 is 4.74 Å². The van der Waals surface area contributed by atoms with Crippen LogP contribution in [0.5, 0.6) is 0 Å². The average Bonchev–Trinajstić information content (AvgIpc) is 3.27. The van der Waals surface area contributed by atoms with Crippen LogP contribution in [0.2, 0.25) is 0 Å². The summed E-state index contributed by atoms with van der Waals surface area (Å²) >= 11 is 1.31. The van der Waals surface area contributed by atoms with Gasteiger partial charge in [0.15, 0.2) is 0 Å². The van der Waals surface area contributed by atoms with Crippen molar-refractivity contribution in [2.24, 2.45) is 0 Å². The lowest BCUT2D eigenvalue weighted by molar-refractivity contribution is 0.0465. The Bertz CT molecular complexity index is 1280. The molecule has 0 amide bonds. The Morgan fingerprint density at radius 2 is 1.86 bits per heavy atom. The molecule has 7 heteroatoms. The predicted molar refractivity (Wildman–Crippen MR) is 110 cm³/mol. The van der Waals surface area contributed by atoms with Crippen LogP contribution in [-0.4, -0.2) is 21.1 Å². The Morgan fingerprint density at radius 3 is 2.62 bits per heavy atom. The fourth-order valence-electron chi connectivity index (χ4n) is 3.00. The first-order valence-electron chi connectivity index (χ1n) is 8.87. The zero-order valence-corrected chi connectivity index (χ0v) is 16.3. The molecule has 0 N–H and O–H groups in total. The van der Waals surface area contributed by atoms with Crippen LogP contribution in [0.3, 0.4) is 0 Å². The van der Waals surface area contributed by atoms with Gasteiger partial charge in [-0.25, -0.2) is 9.78 Å². The number of fused-ring (bicyclic) bond motifs is 1. The molecule has 0 fully saturated rings. The minimum Gasteiger partial charge on any atom is -0.456 e. The molecule has 4 rings (SSSR count). The van der Waals surface area contributed by atoms with E-state index in [4.69, 9.17) is 4.74 Å². The topological polar surface area (TPSA) is 77.7 Å². The lowest BCUT2D eigenvalue weighted by Gasteiger charge is -2.09. The largest absolute Gasteiger partial charge is 0.456 e. The molecule has 29 heavy (non-hydrogen) atoms. The van der Waals surface area contributed by atoms with Gasteiger partial charge in [0.25, 0.3) is 5.56 Å². The van der Waals surface area contributed by atoms with Crippen molar-refractivity contribution in [1.82, 2.24) is 9.38 Å². The van der Waals surface area contributed by atoms with E-state index < -0.39 is 5.97 Å². The molecule has 0 atom stereocenters. The second kappa shape index (κ2) is 7.81. The lowest BCUT2D eigenvalue weighted by Crippen LogP contribution is -2.18. The Labute approximate surface area is 170 Å². The third kappa shape index (κ3) is 3.72. The smallest absolute Gasteiger partial charge is 0.339 e. The summed E-state index contributed by atoms with van der Waals surface area (Å²) in [7, 11) is 0. The quantitative estimate of drug-likeness (QED) is 0.375. The van der Waals surface area contributed by atoms with E-state index in [9.17, 15) is 14.4 Å². The molecule has 0 radical (unpaired) electrons. The maximum absolute atomic E-state index is 12.7.